The standard InChI is InChI=1S/C14H24O7/c1-8(16)17-7-10-12(21-14(4,5)19-10)11-9(6-15)18-13(2,3)20-11/h9-12,15H,6-7H2,1-5H3/t9-,10+,11+,12-/m1/s1. The van der Waals surface area contributed by atoms with Crippen LogP contribution in [0, 0.1) is 0 Å². The first kappa shape index (κ1) is 16.6. The number of hydrogen-bond donors (Lipinski definition) is 1. The Morgan fingerprint density at radius 3 is 1.95 bits per heavy atom. The number of rotatable bonds is 4. The lowest BCUT2D eigenvalue weighted by atomic mass is 10.0. The SMILES string of the molecule is CC(=O)OC[C@@H]1OC(C)(C)O[C@H]1[C@H]1OC(C)(C)O[C@@H]1CO. The van der Waals surface area contributed by atoms with Gasteiger partial charge in [-0.25, -0.2) is 0 Å². The minimum Gasteiger partial charge on any atom is -0.463 e. The van der Waals surface area contributed by atoms with E-state index in [1.807, 2.05) is 0 Å². The molecule has 0 unspecified atom stereocenters. The minimum atomic E-state index is -0.814. The van der Waals surface area contributed by atoms with Gasteiger partial charge in [0.2, 0.25) is 0 Å². The molecule has 21 heavy (non-hydrogen) atoms. The maximum atomic E-state index is 11.0. The molecular formula is C14H24O7. The van der Waals surface area contributed by atoms with Crippen molar-refractivity contribution in [2.45, 2.75) is 70.6 Å². The van der Waals surface area contributed by atoms with Crippen molar-refractivity contribution in [3.8, 4) is 0 Å². The van der Waals surface area contributed by atoms with E-state index in [4.69, 9.17) is 23.7 Å². The Morgan fingerprint density at radius 1 is 1.00 bits per heavy atom. The van der Waals surface area contributed by atoms with Crippen LogP contribution in [-0.4, -0.2) is 60.3 Å². The molecule has 2 saturated heterocycles. The number of ether oxygens (including phenoxy) is 5. The third-order valence-corrected chi connectivity index (χ3v) is 3.40. The summed E-state index contributed by atoms with van der Waals surface area (Å²) in [6, 6.07) is 0. The van der Waals surface area contributed by atoms with Crippen LogP contribution in [0.4, 0.5) is 0 Å². The average molecular weight is 304 g/mol. The van der Waals surface area contributed by atoms with Gasteiger partial charge in [0.15, 0.2) is 11.6 Å². The molecule has 4 atom stereocenters. The van der Waals surface area contributed by atoms with Gasteiger partial charge in [0.25, 0.3) is 0 Å². The highest BCUT2D eigenvalue weighted by atomic mass is 16.8. The van der Waals surface area contributed by atoms with Gasteiger partial charge in [-0.3, -0.25) is 4.79 Å². The zero-order valence-electron chi connectivity index (χ0n) is 13.1. The van der Waals surface area contributed by atoms with Crippen molar-refractivity contribution in [2.75, 3.05) is 13.2 Å². The number of aliphatic hydroxyl groups excluding tert-OH is 1. The van der Waals surface area contributed by atoms with Gasteiger partial charge in [0.1, 0.15) is 31.0 Å². The van der Waals surface area contributed by atoms with E-state index in [2.05, 4.69) is 0 Å². The molecule has 2 fully saturated rings. The number of aliphatic hydroxyl groups is 1. The summed E-state index contributed by atoms with van der Waals surface area (Å²) in [7, 11) is 0. The smallest absolute Gasteiger partial charge is 0.302 e. The number of hydrogen-bond acceptors (Lipinski definition) is 7. The van der Waals surface area contributed by atoms with Crippen LogP contribution in [0.5, 0.6) is 0 Å². The van der Waals surface area contributed by atoms with Crippen LogP contribution in [0.15, 0.2) is 0 Å². The van der Waals surface area contributed by atoms with Crippen LogP contribution in [0.1, 0.15) is 34.6 Å². The molecule has 0 saturated carbocycles. The normalized spacial score (nSPS) is 37.6. The van der Waals surface area contributed by atoms with Gasteiger partial charge in [0, 0.05) is 6.92 Å². The van der Waals surface area contributed by atoms with Crippen molar-refractivity contribution in [1.29, 1.82) is 0 Å². The van der Waals surface area contributed by atoms with Gasteiger partial charge in [-0.1, -0.05) is 0 Å². The fourth-order valence-corrected chi connectivity index (χ4v) is 2.75. The molecule has 0 amide bonds. The summed E-state index contributed by atoms with van der Waals surface area (Å²) < 4.78 is 28.2. The minimum absolute atomic E-state index is 0.0713. The molecule has 0 aromatic rings. The highest BCUT2D eigenvalue weighted by molar-refractivity contribution is 5.65. The Morgan fingerprint density at radius 2 is 1.48 bits per heavy atom. The summed E-state index contributed by atoms with van der Waals surface area (Å²) >= 11 is 0. The highest BCUT2D eigenvalue weighted by Gasteiger charge is 2.53. The summed E-state index contributed by atoms with van der Waals surface area (Å²) in [5, 5.41) is 9.48. The Kier molecular flexibility index (Phi) is 4.60. The van der Waals surface area contributed by atoms with Crippen LogP contribution in [0.3, 0.4) is 0 Å². The molecular weight excluding hydrogens is 280 g/mol. The van der Waals surface area contributed by atoms with Crippen LogP contribution in [-0.2, 0) is 28.5 Å². The molecule has 0 aliphatic carbocycles. The van der Waals surface area contributed by atoms with Gasteiger partial charge >= 0.3 is 5.97 Å². The molecule has 0 spiro atoms. The summed E-state index contributed by atoms with van der Waals surface area (Å²) in [4.78, 5) is 11.0. The summed E-state index contributed by atoms with van der Waals surface area (Å²) in [5.74, 6) is -2.00. The third kappa shape index (κ3) is 3.92. The second-order valence-electron chi connectivity index (χ2n) is 6.26. The topological polar surface area (TPSA) is 83.5 Å². The molecule has 1 N–H and O–H groups in total. The first-order valence-corrected chi connectivity index (χ1v) is 7.09. The van der Waals surface area contributed by atoms with Gasteiger partial charge < -0.3 is 28.8 Å². The average Bonchev–Trinajstić information content (AvgIpc) is 2.82. The molecule has 2 aliphatic rings. The maximum absolute atomic E-state index is 11.0. The Balaban J connectivity index is 2.12. The van der Waals surface area contributed by atoms with Crippen LogP contribution in [0.25, 0.3) is 0 Å². The molecule has 7 nitrogen and oxygen atoms in total. The van der Waals surface area contributed by atoms with E-state index in [1.165, 1.54) is 6.92 Å². The van der Waals surface area contributed by atoms with Gasteiger partial charge in [-0.05, 0) is 27.7 Å². The Labute approximate surface area is 124 Å². The zero-order chi connectivity index (χ0) is 15.8. The van der Waals surface area contributed by atoms with E-state index in [0.29, 0.717) is 0 Å². The summed E-state index contributed by atoms with van der Waals surface area (Å²) in [6.45, 7) is 8.34. The number of carbonyl (C=O) groups is 1. The molecule has 0 radical (unpaired) electrons. The fourth-order valence-electron chi connectivity index (χ4n) is 2.75. The maximum Gasteiger partial charge on any atom is 0.302 e. The quantitative estimate of drug-likeness (QED) is 0.761. The Hall–Kier alpha value is -0.730. The molecule has 2 heterocycles. The van der Waals surface area contributed by atoms with E-state index >= 15 is 0 Å². The molecule has 7 heteroatoms. The molecule has 2 aliphatic heterocycles. The first-order chi connectivity index (χ1) is 9.63. The lowest BCUT2D eigenvalue weighted by Crippen LogP contribution is -2.44. The lowest BCUT2D eigenvalue weighted by molar-refractivity contribution is -0.175. The van der Waals surface area contributed by atoms with Crippen molar-refractivity contribution in [2.24, 2.45) is 0 Å². The van der Waals surface area contributed by atoms with Gasteiger partial charge in [-0.15, -0.1) is 0 Å². The molecule has 2 rings (SSSR count). The van der Waals surface area contributed by atoms with E-state index in [0.717, 1.165) is 0 Å². The first-order valence-electron chi connectivity index (χ1n) is 7.09. The predicted octanol–water partition coefficient (Wildman–Crippen LogP) is 0.582. The lowest BCUT2D eigenvalue weighted by Gasteiger charge is -2.25. The molecule has 122 valence electrons. The van der Waals surface area contributed by atoms with Crippen LogP contribution in [0.2, 0.25) is 0 Å². The second kappa shape index (κ2) is 5.81. The Bertz CT molecular complexity index is 393. The van der Waals surface area contributed by atoms with E-state index < -0.39 is 36.0 Å². The third-order valence-electron chi connectivity index (χ3n) is 3.40. The molecule has 0 aromatic carbocycles. The summed E-state index contributed by atoms with van der Waals surface area (Å²) in [6.07, 6.45) is -1.96. The number of esters is 1. The summed E-state index contributed by atoms with van der Waals surface area (Å²) in [5.41, 5.74) is 0. The van der Waals surface area contributed by atoms with E-state index in [1.54, 1.807) is 27.7 Å². The predicted molar refractivity (Wildman–Crippen MR) is 71.4 cm³/mol. The van der Waals surface area contributed by atoms with Gasteiger partial charge in [-0.2, -0.15) is 0 Å². The van der Waals surface area contributed by atoms with Crippen molar-refractivity contribution in [1.82, 2.24) is 0 Å². The van der Waals surface area contributed by atoms with E-state index in [-0.39, 0.29) is 19.2 Å². The highest BCUT2D eigenvalue weighted by Crippen LogP contribution is 2.38. The second-order valence-corrected chi connectivity index (χ2v) is 6.26. The zero-order valence-corrected chi connectivity index (χ0v) is 13.1. The molecule has 0 bridgehead atoms. The van der Waals surface area contributed by atoms with E-state index in [9.17, 15) is 9.90 Å². The van der Waals surface area contributed by atoms with Crippen molar-refractivity contribution in [3.05, 3.63) is 0 Å². The van der Waals surface area contributed by atoms with Gasteiger partial charge in [0.05, 0.1) is 6.61 Å². The van der Waals surface area contributed by atoms with Crippen LogP contribution >= 0.6 is 0 Å². The van der Waals surface area contributed by atoms with Crippen molar-refractivity contribution in [3.63, 3.8) is 0 Å². The van der Waals surface area contributed by atoms with Crippen molar-refractivity contribution >= 4 is 5.97 Å². The fraction of sp³-hybridized carbons (Fsp3) is 0.929. The molecule has 0 aromatic heterocycles. The number of carbonyl (C=O) groups excluding carboxylic acids is 1. The largest absolute Gasteiger partial charge is 0.463 e. The van der Waals surface area contributed by atoms with Crippen LogP contribution < -0.4 is 0 Å². The van der Waals surface area contributed by atoms with Crippen molar-refractivity contribution < 1.29 is 33.6 Å². The monoisotopic (exact) mass is 304 g/mol.